The number of hydrogen-bond donors (Lipinski definition) is 2. The van der Waals surface area contributed by atoms with Crippen LogP contribution in [0, 0.1) is 0 Å². The standard InChI is InChI=1S/C20H20BrNO3S/c1-2-24-19-11-14(12-22-15-5-7-16(23)8-6-15)10-18(21)20(19)25-13-17-4-3-9-26-17/h3-11,22-23H,2,12-13H2,1H3. The molecule has 3 rings (SSSR count). The van der Waals surface area contributed by atoms with Crippen molar-refractivity contribution in [3.63, 3.8) is 0 Å². The van der Waals surface area contributed by atoms with Gasteiger partial charge < -0.3 is 19.9 Å². The maximum atomic E-state index is 9.36. The third kappa shape index (κ3) is 4.93. The van der Waals surface area contributed by atoms with Crippen LogP contribution in [0.15, 0.2) is 58.4 Å². The highest BCUT2D eigenvalue weighted by Crippen LogP contribution is 2.38. The van der Waals surface area contributed by atoms with Crippen molar-refractivity contribution in [2.75, 3.05) is 11.9 Å². The molecule has 0 spiro atoms. The largest absolute Gasteiger partial charge is 0.508 e. The van der Waals surface area contributed by atoms with Crippen molar-refractivity contribution in [1.29, 1.82) is 0 Å². The minimum atomic E-state index is 0.254. The highest BCUT2D eigenvalue weighted by Gasteiger charge is 2.13. The fourth-order valence-corrected chi connectivity index (χ4v) is 3.67. The summed E-state index contributed by atoms with van der Waals surface area (Å²) < 4.78 is 12.6. The number of phenolic OH excluding ortho intramolecular Hbond substituents is 1. The Bertz CT molecular complexity index is 835. The summed E-state index contributed by atoms with van der Waals surface area (Å²) in [5.74, 6) is 1.69. The molecule has 0 saturated carbocycles. The summed E-state index contributed by atoms with van der Waals surface area (Å²) in [6.07, 6.45) is 0. The Labute approximate surface area is 165 Å². The van der Waals surface area contributed by atoms with Gasteiger partial charge in [0.25, 0.3) is 0 Å². The average Bonchev–Trinajstić information content (AvgIpc) is 3.14. The highest BCUT2D eigenvalue weighted by molar-refractivity contribution is 9.10. The number of nitrogens with one attached hydrogen (secondary N) is 1. The van der Waals surface area contributed by atoms with Crippen molar-refractivity contribution in [3.05, 3.63) is 68.8 Å². The van der Waals surface area contributed by atoms with E-state index in [4.69, 9.17) is 9.47 Å². The molecular weight excluding hydrogens is 414 g/mol. The van der Waals surface area contributed by atoms with Gasteiger partial charge in [-0.3, -0.25) is 0 Å². The molecule has 0 saturated heterocycles. The van der Waals surface area contributed by atoms with Crippen LogP contribution in [-0.2, 0) is 13.2 Å². The van der Waals surface area contributed by atoms with Crippen molar-refractivity contribution in [1.82, 2.24) is 0 Å². The van der Waals surface area contributed by atoms with E-state index < -0.39 is 0 Å². The lowest BCUT2D eigenvalue weighted by Crippen LogP contribution is -2.03. The zero-order valence-electron chi connectivity index (χ0n) is 14.4. The molecule has 0 fully saturated rings. The molecule has 26 heavy (non-hydrogen) atoms. The molecule has 1 heterocycles. The second-order valence-electron chi connectivity index (χ2n) is 5.61. The van der Waals surface area contributed by atoms with Gasteiger partial charge in [0, 0.05) is 17.1 Å². The summed E-state index contributed by atoms with van der Waals surface area (Å²) in [5, 5.41) is 14.7. The topological polar surface area (TPSA) is 50.7 Å². The number of phenols is 1. The molecular formula is C20H20BrNO3S. The van der Waals surface area contributed by atoms with Crippen molar-refractivity contribution in [3.8, 4) is 17.2 Å². The molecule has 0 aliphatic carbocycles. The number of halogens is 1. The van der Waals surface area contributed by atoms with Gasteiger partial charge in [0.05, 0.1) is 11.1 Å². The quantitative estimate of drug-likeness (QED) is 0.440. The molecule has 136 valence electrons. The smallest absolute Gasteiger partial charge is 0.175 e. The SMILES string of the molecule is CCOc1cc(CNc2ccc(O)cc2)cc(Br)c1OCc1cccs1. The Morgan fingerprint density at radius 2 is 1.92 bits per heavy atom. The fourth-order valence-electron chi connectivity index (χ4n) is 2.45. The molecule has 0 atom stereocenters. The molecule has 0 aliphatic rings. The third-order valence-corrected chi connectivity index (χ3v) is 5.11. The Hall–Kier alpha value is -2.18. The summed E-state index contributed by atoms with van der Waals surface area (Å²) in [7, 11) is 0. The van der Waals surface area contributed by atoms with Crippen LogP contribution in [0.4, 0.5) is 5.69 Å². The Morgan fingerprint density at radius 1 is 1.12 bits per heavy atom. The lowest BCUT2D eigenvalue weighted by Gasteiger charge is -2.16. The summed E-state index contributed by atoms with van der Waals surface area (Å²) >= 11 is 5.27. The highest BCUT2D eigenvalue weighted by atomic mass is 79.9. The average molecular weight is 434 g/mol. The van der Waals surface area contributed by atoms with E-state index >= 15 is 0 Å². The number of thiophene rings is 1. The summed E-state index contributed by atoms with van der Waals surface area (Å²) in [5.41, 5.74) is 2.01. The van der Waals surface area contributed by atoms with E-state index in [0.29, 0.717) is 25.5 Å². The van der Waals surface area contributed by atoms with E-state index in [0.717, 1.165) is 26.4 Å². The van der Waals surface area contributed by atoms with E-state index in [-0.39, 0.29) is 5.75 Å². The van der Waals surface area contributed by atoms with E-state index in [1.807, 2.05) is 42.6 Å². The molecule has 3 aromatic rings. The summed E-state index contributed by atoms with van der Waals surface area (Å²) in [6.45, 7) is 3.67. The first-order valence-electron chi connectivity index (χ1n) is 8.29. The fraction of sp³-hybridized carbons (Fsp3) is 0.200. The lowest BCUT2D eigenvalue weighted by atomic mass is 10.2. The van der Waals surface area contributed by atoms with Gasteiger partial charge in [0.1, 0.15) is 12.4 Å². The molecule has 1 aromatic heterocycles. The van der Waals surface area contributed by atoms with Gasteiger partial charge in [0.15, 0.2) is 11.5 Å². The van der Waals surface area contributed by atoms with E-state index in [2.05, 4.69) is 27.3 Å². The number of rotatable bonds is 8. The molecule has 0 unspecified atom stereocenters. The minimum Gasteiger partial charge on any atom is -0.508 e. The second kappa shape index (κ2) is 8.96. The molecule has 6 heteroatoms. The zero-order chi connectivity index (χ0) is 18.4. The normalized spacial score (nSPS) is 10.5. The van der Waals surface area contributed by atoms with Gasteiger partial charge in [-0.1, -0.05) is 6.07 Å². The van der Waals surface area contributed by atoms with Crippen LogP contribution < -0.4 is 14.8 Å². The Morgan fingerprint density at radius 3 is 2.62 bits per heavy atom. The molecule has 4 nitrogen and oxygen atoms in total. The van der Waals surface area contributed by atoms with Crippen molar-refractivity contribution >= 4 is 33.0 Å². The number of ether oxygens (including phenoxy) is 2. The first-order chi connectivity index (χ1) is 12.7. The van der Waals surface area contributed by atoms with Crippen molar-refractivity contribution in [2.24, 2.45) is 0 Å². The molecule has 0 radical (unpaired) electrons. The van der Waals surface area contributed by atoms with Crippen LogP contribution in [0.1, 0.15) is 17.4 Å². The van der Waals surface area contributed by atoms with Crippen LogP contribution in [-0.4, -0.2) is 11.7 Å². The number of aromatic hydroxyl groups is 1. The van der Waals surface area contributed by atoms with Gasteiger partial charge >= 0.3 is 0 Å². The van der Waals surface area contributed by atoms with Crippen LogP contribution in [0.25, 0.3) is 0 Å². The van der Waals surface area contributed by atoms with Crippen molar-refractivity contribution < 1.29 is 14.6 Å². The molecule has 2 aromatic carbocycles. The van der Waals surface area contributed by atoms with E-state index in [1.165, 1.54) is 0 Å². The van der Waals surface area contributed by atoms with Crippen molar-refractivity contribution in [2.45, 2.75) is 20.1 Å². The summed E-state index contributed by atoms with van der Waals surface area (Å²) in [6, 6.07) is 15.1. The maximum Gasteiger partial charge on any atom is 0.175 e. The van der Waals surface area contributed by atoms with Crippen LogP contribution in [0.3, 0.4) is 0 Å². The molecule has 0 aliphatic heterocycles. The minimum absolute atomic E-state index is 0.254. The van der Waals surface area contributed by atoms with Crippen LogP contribution in [0.5, 0.6) is 17.2 Å². The predicted molar refractivity (Wildman–Crippen MR) is 109 cm³/mol. The van der Waals surface area contributed by atoms with Crippen LogP contribution >= 0.6 is 27.3 Å². The number of anilines is 1. The zero-order valence-corrected chi connectivity index (χ0v) is 16.8. The third-order valence-electron chi connectivity index (χ3n) is 3.67. The van der Waals surface area contributed by atoms with Gasteiger partial charge in [0.2, 0.25) is 0 Å². The monoisotopic (exact) mass is 433 g/mol. The molecule has 2 N–H and O–H groups in total. The van der Waals surface area contributed by atoms with E-state index in [1.54, 1.807) is 23.5 Å². The van der Waals surface area contributed by atoms with Gasteiger partial charge in [-0.15, -0.1) is 11.3 Å². The molecule has 0 bridgehead atoms. The first kappa shape index (κ1) is 18.6. The number of benzene rings is 2. The maximum absolute atomic E-state index is 9.36. The second-order valence-corrected chi connectivity index (χ2v) is 7.49. The summed E-state index contributed by atoms with van der Waals surface area (Å²) in [4.78, 5) is 1.16. The number of hydrogen-bond acceptors (Lipinski definition) is 5. The van der Waals surface area contributed by atoms with Gasteiger partial charge in [-0.25, -0.2) is 0 Å². The lowest BCUT2D eigenvalue weighted by molar-refractivity contribution is 0.269. The van der Waals surface area contributed by atoms with Gasteiger partial charge in [-0.05, 0) is 76.3 Å². The van der Waals surface area contributed by atoms with Crippen LogP contribution in [0.2, 0.25) is 0 Å². The first-order valence-corrected chi connectivity index (χ1v) is 9.96. The predicted octanol–water partition coefficient (Wildman–Crippen LogP) is 5.81. The molecule has 0 amide bonds. The Kier molecular flexibility index (Phi) is 6.41. The Balaban J connectivity index is 1.73. The van der Waals surface area contributed by atoms with E-state index in [9.17, 15) is 5.11 Å². The van der Waals surface area contributed by atoms with Gasteiger partial charge in [-0.2, -0.15) is 0 Å².